The molecule has 0 aliphatic rings. The van der Waals surface area contributed by atoms with Gasteiger partial charge in [0.15, 0.2) is 0 Å². The number of halogens is 1. The standard InChI is InChI=1S/C14H12ClNOS/c15-14-11-5-1-2-6-12(11)18-13(14)9-16-8-10-4-3-7-17-10/h1-7,16H,8-9H2. The van der Waals surface area contributed by atoms with E-state index in [1.807, 2.05) is 24.3 Å². The Morgan fingerprint density at radius 2 is 2.00 bits per heavy atom. The summed E-state index contributed by atoms with van der Waals surface area (Å²) >= 11 is 8.10. The molecule has 1 aromatic carbocycles. The number of thiophene rings is 1. The molecule has 2 nitrogen and oxygen atoms in total. The lowest BCUT2D eigenvalue weighted by atomic mass is 10.2. The van der Waals surface area contributed by atoms with Crippen LogP contribution in [0.3, 0.4) is 0 Å². The summed E-state index contributed by atoms with van der Waals surface area (Å²) in [5.74, 6) is 0.937. The molecule has 4 heteroatoms. The van der Waals surface area contributed by atoms with Crippen molar-refractivity contribution in [3.63, 3.8) is 0 Å². The fourth-order valence-corrected chi connectivity index (χ4v) is 3.36. The van der Waals surface area contributed by atoms with Crippen LogP contribution in [0.4, 0.5) is 0 Å². The molecular formula is C14H12ClNOS. The van der Waals surface area contributed by atoms with Crippen LogP contribution in [0.2, 0.25) is 5.02 Å². The highest BCUT2D eigenvalue weighted by molar-refractivity contribution is 7.19. The van der Waals surface area contributed by atoms with E-state index < -0.39 is 0 Å². The quantitative estimate of drug-likeness (QED) is 0.763. The van der Waals surface area contributed by atoms with E-state index in [4.69, 9.17) is 16.0 Å². The molecule has 3 aromatic rings. The molecule has 0 unspecified atom stereocenters. The zero-order valence-corrected chi connectivity index (χ0v) is 11.2. The van der Waals surface area contributed by atoms with E-state index in [1.54, 1.807) is 17.6 Å². The fraction of sp³-hybridized carbons (Fsp3) is 0.143. The van der Waals surface area contributed by atoms with E-state index >= 15 is 0 Å². The smallest absolute Gasteiger partial charge is 0.117 e. The molecule has 0 atom stereocenters. The zero-order valence-electron chi connectivity index (χ0n) is 9.65. The Labute approximate surface area is 114 Å². The average Bonchev–Trinajstić information content (AvgIpc) is 3.00. The van der Waals surface area contributed by atoms with E-state index in [2.05, 4.69) is 17.4 Å². The zero-order chi connectivity index (χ0) is 12.4. The van der Waals surface area contributed by atoms with Crippen LogP contribution in [0.25, 0.3) is 10.1 Å². The lowest BCUT2D eigenvalue weighted by molar-refractivity contribution is 0.484. The first-order chi connectivity index (χ1) is 8.84. The normalized spacial score (nSPS) is 11.2. The Bertz CT molecular complexity index is 645. The molecule has 2 heterocycles. The third-order valence-electron chi connectivity index (χ3n) is 2.77. The first kappa shape index (κ1) is 11.8. The lowest BCUT2D eigenvalue weighted by Crippen LogP contribution is -2.11. The minimum Gasteiger partial charge on any atom is -0.468 e. The number of hydrogen-bond acceptors (Lipinski definition) is 3. The Morgan fingerprint density at radius 1 is 1.11 bits per heavy atom. The molecule has 0 amide bonds. The first-order valence-electron chi connectivity index (χ1n) is 5.73. The molecular weight excluding hydrogens is 266 g/mol. The van der Waals surface area contributed by atoms with E-state index in [9.17, 15) is 0 Å². The van der Waals surface area contributed by atoms with Gasteiger partial charge in [-0.25, -0.2) is 0 Å². The molecule has 0 spiro atoms. The molecule has 0 aliphatic heterocycles. The second-order valence-corrected chi connectivity index (χ2v) is 5.53. The van der Waals surface area contributed by atoms with Gasteiger partial charge in [-0.2, -0.15) is 0 Å². The highest BCUT2D eigenvalue weighted by Gasteiger charge is 2.09. The Morgan fingerprint density at radius 3 is 2.78 bits per heavy atom. The summed E-state index contributed by atoms with van der Waals surface area (Å²) in [6.07, 6.45) is 1.68. The largest absolute Gasteiger partial charge is 0.468 e. The van der Waals surface area contributed by atoms with Crippen LogP contribution in [0.5, 0.6) is 0 Å². The predicted molar refractivity (Wildman–Crippen MR) is 76.1 cm³/mol. The van der Waals surface area contributed by atoms with Gasteiger partial charge in [-0.05, 0) is 18.2 Å². The number of fused-ring (bicyclic) bond motifs is 1. The van der Waals surface area contributed by atoms with E-state index in [0.29, 0.717) is 0 Å². The maximum absolute atomic E-state index is 6.36. The number of furan rings is 1. The fourth-order valence-electron chi connectivity index (χ4n) is 1.89. The summed E-state index contributed by atoms with van der Waals surface area (Å²) in [6.45, 7) is 1.48. The van der Waals surface area contributed by atoms with Crippen molar-refractivity contribution in [3.8, 4) is 0 Å². The van der Waals surface area contributed by atoms with Gasteiger partial charge >= 0.3 is 0 Å². The summed E-state index contributed by atoms with van der Waals surface area (Å²) in [5, 5.41) is 5.34. The van der Waals surface area contributed by atoms with Gasteiger partial charge in [-0.15, -0.1) is 11.3 Å². The lowest BCUT2D eigenvalue weighted by Gasteiger charge is -2.00. The van der Waals surface area contributed by atoms with Crippen LogP contribution < -0.4 is 5.32 Å². The van der Waals surface area contributed by atoms with Crippen molar-refractivity contribution in [2.45, 2.75) is 13.1 Å². The van der Waals surface area contributed by atoms with Crippen molar-refractivity contribution in [2.24, 2.45) is 0 Å². The van der Waals surface area contributed by atoms with Crippen LogP contribution >= 0.6 is 22.9 Å². The van der Waals surface area contributed by atoms with Crippen molar-refractivity contribution >= 4 is 33.0 Å². The predicted octanol–water partition coefficient (Wildman–Crippen LogP) is 4.44. The Hall–Kier alpha value is -1.29. The van der Waals surface area contributed by atoms with Crippen molar-refractivity contribution in [1.29, 1.82) is 0 Å². The topological polar surface area (TPSA) is 25.2 Å². The molecule has 3 rings (SSSR count). The van der Waals surface area contributed by atoms with Gasteiger partial charge in [0.2, 0.25) is 0 Å². The summed E-state index contributed by atoms with van der Waals surface area (Å²) < 4.78 is 6.50. The van der Waals surface area contributed by atoms with Crippen molar-refractivity contribution in [2.75, 3.05) is 0 Å². The third-order valence-corrected chi connectivity index (χ3v) is 4.48. The number of hydrogen-bond donors (Lipinski definition) is 1. The monoisotopic (exact) mass is 277 g/mol. The molecule has 0 radical (unpaired) electrons. The van der Waals surface area contributed by atoms with Crippen molar-refractivity contribution in [1.82, 2.24) is 5.32 Å². The van der Waals surface area contributed by atoms with Crippen LogP contribution in [0, 0.1) is 0 Å². The van der Waals surface area contributed by atoms with Gasteiger partial charge in [-0.3, -0.25) is 0 Å². The molecule has 1 N–H and O–H groups in total. The minimum absolute atomic E-state index is 0.720. The number of rotatable bonds is 4. The maximum Gasteiger partial charge on any atom is 0.117 e. The second-order valence-electron chi connectivity index (χ2n) is 4.02. The number of nitrogens with one attached hydrogen (secondary N) is 1. The highest BCUT2D eigenvalue weighted by Crippen LogP contribution is 2.34. The van der Waals surface area contributed by atoms with Crippen molar-refractivity contribution < 1.29 is 4.42 Å². The van der Waals surface area contributed by atoms with Crippen LogP contribution in [0.1, 0.15) is 10.6 Å². The van der Waals surface area contributed by atoms with Gasteiger partial charge in [0, 0.05) is 21.5 Å². The second kappa shape index (κ2) is 5.14. The molecule has 2 aromatic heterocycles. The SMILES string of the molecule is Clc1c(CNCc2ccco2)sc2ccccc12. The van der Waals surface area contributed by atoms with Gasteiger partial charge in [-0.1, -0.05) is 29.8 Å². The molecule has 0 fully saturated rings. The van der Waals surface area contributed by atoms with Gasteiger partial charge in [0.05, 0.1) is 17.8 Å². The van der Waals surface area contributed by atoms with Gasteiger partial charge in [0.25, 0.3) is 0 Å². The van der Waals surface area contributed by atoms with Gasteiger partial charge in [0.1, 0.15) is 5.76 Å². The van der Waals surface area contributed by atoms with E-state index in [0.717, 1.165) is 29.3 Å². The molecule has 0 saturated heterocycles. The van der Waals surface area contributed by atoms with Gasteiger partial charge < -0.3 is 9.73 Å². The maximum atomic E-state index is 6.36. The molecule has 92 valence electrons. The summed E-state index contributed by atoms with van der Waals surface area (Å²) in [6, 6.07) is 12.1. The summed E-state index contributed by atoms with van der Waals surface area (Å²) in [4.78, 5) is 1.17. The van der Waals surface area contributed by atoms with Crippen LogP contribution in [-0.4, -0.2) is 0 Å². The Balaban J connectivity index is 1.73. The highest BCUT2D eigenvalue weighted by atomic mass is 35.5. The Kier molecular flexibility index (Phi) is 3.37. The van der Waals surface area contributed by atoms with Crippen LogP contribution in [0.15, 0.2) is 47.1 Å². The van der Waals surface area contributed by atoms with Crippen LogP contribution in [-0.2, 0) is 13.1 Å². The van der Waals surface area contributed by atoms with E-state index in [1.165, 1.54) is 9.58 Å². The van der Waals surface area contributed by atoms with E-state index in [-0.39, 0.29) is 0 Å². The summed E-state index contributed by atoms with van der Waals surface area (Å²) in [7, 11) is 0. The third kappa shape index (κ3) is 2.29. The number of benzene rings is 1. The van der Waals surface area contributed by atoms with Crippen molar-refractivity contribution in [3.05, 3.63) is 58.3 Å². The minimum atomic E-state index is 0.720. The average molecular weight is 278 g/mol. The molecule has 18 heavy (non-hydrogen) atoms. The molecule has 0 bridgehead atoms. The molecule has 0 aliphatic carbocycles. The molecule has 0 saturated carbocycles. The first-order valence-corrected chi connectivity index (χ1v) is 6.93. The summed E-state index contributed by atoms with van der Waals surface area (Å²) in [5.41, 5.74) is 0.